The zero-order valence-electron chi connectivity index (χ0n) is 10.3. The number of rotatable bonds is 2. The van der Waals surface area contributed by atoms with Crippen molar-refractivity contribution < 1.29 is 4.79 Å². The molecule has 0 aliphatic heterocycles. The van der Waals surface area contributed by atoms with Gasteiger partial charge in [-0.15, -0.1) is 0 Å². The molecule has 0 amide bonds. The summed E-state index contributed by atoms with van der Waals surface area (Å²) < 4.78 is 1.01. The largest absolute Gasteiger partial charge is 0.399 e. The lowest BCUT2D eigenvalue weighted by molar-refractivity contribution is 0.103. The minimum atomic E-state index is 0.0474. The van der Waals surface area contributed by atoms with Gasteiger partial charge in [0.15, 0.2) is 5.78 Å². The third-order valence-electron chi connectivity index (χ3n) is 2.97. The van der Waals surface area contributed by atoms with Gasteiger partial charge in [-0.1, -0.05) is 12.1 Å². The van der Waals surface area contributed by atoms with Gasteiger partial charge in [0.05, 0.1) is 0 Å². The lowest BCUT2D eigenvalue weighted by atomic mass is 10.00. The number of nitrogens with two attached hydrogens (primary N) is 1. The SMILES string of the molecule is Cc1cc(C(=O)c2cccc(C)c2I)ccc1N. The fourth-order valence-corrected chi connectivity index (χ4v) is 2.40. The van der Waals surface area contributed by atoms with Crippen LogP contribution >= 0.6 is 22.6 Å². The average Bonchev–Trinajstić information content (AvgIpc) is 2.35. The summed E-state index contributed by atoms with van der Waals surface area (Å²) in [4.78, 5) is 12.4. The summed E-state index contributed by atoms with van der Waals surface area (Å²) in [6.45, 7) is 3.92. The Morgan fingerprint density at radius 2 is 1.83 bits per heavy atom. The number of benzene rings is 2. The van der Waals surface area contributed by atoms with Crippen LogP contribution in [0.15, 0.2) is 36.4 Å². The van der Waals surface area contributed by atoms with E-state index < -0.39 is 0 Å². The van der Waals surface area contributed by atoms with Gasteiger partial charge in [-0.25, -0.2) is 0 Å². The van der Waals surface area contributed by atoms with Crippen LogP contribution in [0.1, 0.15) is 27.0 Å². The molecular formula is C15H14INO. The van der Waals surface area contributed by atoms with Crippen molar-refractivity contribution in [3.8, 4) is 0 Å². The number of halogens is 1. The van der Waals surface area contributed by atoms with E-state index in [1.807, 2.05) is 38.1 Å². The smallest absolute Gasteiger partial charge is 0.194 e. The number of hydrogen-bond acceptors (Lipinski definition) is 2. The summed E-state index contributed by atoms with van der Waals surface area (Å²) in [5.74, 6) is 0.0474. The topological polar surface area (TPSA) is 43.1 Å². The van der Waals surface area contributed by atoms with Crippen LogP contribution < -0.4 is 5.73 Å². The Balaban J connectivity index is 2.48. The molecule has 2 N–H and O–H groups in total. The third-order valence-corrected chi connectivity index (χ3v) is 4.40. The maximum Gasteiger partial charge on any atom is 0.194 e. The molecule has 0 saturated carbocycles. The first-order valence-corrected chi connectivity index (χ1v) is 6.74. The molecule has 3 heteroatoms. The van der Waals surface area contributed by atoms with E-state index in [1.165, 1.54) is 0 Å². The lowest BCUT2D eigenvalue weighted by Crippen LogP contribution is -2.05. The zero-order valence-corrected chi connectivity index (χ0v) is 12.5. The van der Waals surface area contributed by atoms with Crippen molar-refractivity contribution in [2.24, 2.45) is 0 Å². The first kappa shape index (κ1) is 13.1. The molecule has 2 rings (SSSR count). The van der Waals surface area contributed by atoms with Gasteiger partial charge in [0.1, 0.15) is 0 Å². The van der Waals surface area contributed by atoms with Crippen LogP contribution in [0.5, 0.6) is 0 Å². The van der Waals surface area contributed by atoms with Crippen molar-refractivity contribution in [3.63, 3.8) is 0 Å². The van der Waals surface area contributed by atoms with E-state index in [2.05, 4.69) is 22.6 Å². The summed E-state index contributed by atoms with van der Waals surface area (Å²) in [7, 11) is 0. The van der Waals surface area contributed by atoms with Crippen LogP contribution in [0.3, 0.4) is 0 Å². The highest BCUT2D eigenvalue weighted by Crippen LogP contribution is 2.21. The molecule has 2 aromatic carbocycles. The Labute approximate surface area is 120 Å². The van der Waals surface area contributed by atoms with Crippen LogP contribution in [0.2, 0.25) is 0 Å². The second kappa shape index (κ2) is 5.10. The summed E-state index contributed by atoms with van der Waals surface area (Å²) in [5, 5.41) is 0. The van der Waals surface area contributed by atoms with Crippen LogP contribution in [0.4, 0.5) is 5.69 Å². The molecule has 2 nitrogen and oxygen atoms in total. The molecule has 92 valence electrons. The minimum Gasteiger partial charge on any atom is -0.399 e. The molecule has 0 unspecified atom stereocenters. The van der Waals surface area contributed by atoms with Crippen LogP contribution in [0.25, 0.3) is 0 Å². The number of ketones is 1. The maximum atomic E-state index is 12.4. The minimum absolute atomic E-state index is 0.0474. The predicted molar refractivity (Wildman–Crippen MR) is 82.9 cm³/mol. The molecule has 0 aliphatic carbocycles. The van der Waals surface area contributed by atoms with Crippen molar-refractivity contribution >= 4 is 34.1 Å². The number of aryl methyl sites for hydroxylation is 2. The lowest BCUT2D eigenvalue weighted by Gasteiger charge is -2.08. The van der Waals surface area contributed by atoms with E-state index in [1.54, 1.807) is 12.1 Å². The summed E-state index contributed by atoms with van der Waals surface area (Å²) in [6.07, 6.45) is 0. The molecule has 0 bridgehead atoms. The van der Waals surface area contributed by atoms with Crippen LogP contribution in [-0.4, -0.2) is 5.78 Å². The molecule has 0 spiro atoms. The molecule has 18 heavy (non-hydrogen) atoms. The van der Waals surface area contributed by atoms with E-state index in [0.29, 0.717) is 11.3 Å². The van der Waals surface area contributed by atoms with Crippen LogP contribution in [-0.2, 0) is 0 Å². The molecule has 0 atom stereocenters. The number of carbonyl (C=O) groups is 1. The first-order valence-electron chi connectivity index (χ1n) is 5.66. The second-order valence-electron chi connectivity index (χ2n) is 4.34. The molecule has 0 fully saturated rings. The van der Waals surface area contributed by atoms with Crippen molar-refractivity contribution in [3.05, 3.63) is 62.2 Å². The van der Waals surface area contributed by atoms with E-state index in [0.717, 1.165) is 20.3 Å². The fraction of sp³-hybridized carbons (Fsp3) is 0.133. The molecule has 0 saturated heterocycles. The molecule has 0 radical (unpaired) electrons. The van der Waals surface area contributed by atoms with Crippen molar-refractivity contribution in [1.82, 2.24) is 0 Å². The summed E-state index contributed by atoms with van der Waals surface area (Å²) >= 11 is 2.22. The zero-order chi connectivity index (χ0) is 13.3. The Hall–Kier alpha value is -1.36. The number of hydrogen-bond donors (Lipinski definition) is 1. The second-order valence-corrected chi connectivity index (χ2v) is 5.42. The molecular weight excluding hydrogens is 337 g/mol. The van der Waals surface area contributed by atoms with Crippen LogP contribution in [0, 0.1) is 17.4 Å². The van der Waals surface area contributed by atoms with Gasteiger partial charge in [0, 0.05) is 20.4 Å². The van der Waals surface area contributed by atoms with Gasteiger partial charge < -0.3 is 5.73 Å². The highest BCUT2D eigenvalue weighted by atomic mass is 127. The van der Waals surface area contributed by atoms with Gasteiger partial charge in [-0.3, -0.25) is 4.79 Å². The van der Waals surface area contributed by atoms with Gasteiger partial charge >= 0.3 is 0 Å². The normalized spacial score (nSPS) is 10.4. The van der Waals surface area contributed by atoms with Crippen molar-refractivity contribution in [1.29, 1.82) is 0 Å². The fourth-order valence-electron chi connectivity index (χ4n) is 1.80. The number of carbonyl (C=O) groups excluding carboxylic acids is 1. The highest BCUT2D eigenvalue weighted by molar-refractivity contribution is 14.1. The monoisotopic (exact) mass is 351 g/mol. The molecule has 0 heterocycles. The maximum absolute atomic E-state index is 12.4. The van der Waals surface area contributed by atoms with E-state index in [-0.39, 0.29) is 5.78 Å². The standard InChI is InChI=1S/C15H14INO/c1-9-4-3-5-12(14(9)16)15(18)11-6-7-13(17)10(2)8-11/h3-8H,17H2,1-2H3. The Morgan fingerprint density at radius 1 is 1.11 bits per heavy atom. The summed E-state index contributed by atoms with van der Waals surface area (Å²) in [5.41, 5.74) is 9.97. The molecule has 0 aliphatic rings. The Kier molecular flexibility index (Phi) is 3.71. The first-order chi connectivity index (χ1) is 8.50. The number of anilines is 1. The third kappa shape index (κ3) is 2.41. The van der Waals surface area contributed by atoms with E-state index >= 15 is 0 Å². The Morgan fingerprint density at radius 3 is 2.50 bits per heavy atom. The molecule has 0 aromatic heterocycles. The highest BCUT2D eigenvalue weighted by Gasteiger charge is 2.14. The van der Waals surface area contributed by atoms with Gasteiger partial charge in [0.25, 0.3) is 0 Å². The van der Waals surface area contributed by atoms with Gasteiger partial charge in [-0.05, 0) is 71.8 Å². The Bertz CT molecular complexity index is 620. The van der Waals surface area contributed by atoms with E-state index in [9.17, 15) is 4.79 Å². The average molecular weight is 351 g/mol. The quantitative estimate of drug-likeness (QED) is 0.509. The van der Waals surface area contributed by atoms with Gasteiger partial charge in [0.2, 0.25) is 0 Å². The van der Waals surface area contributed by atoms with E-state index in [4.69, 9.17) is 5.73 Å². The predicted octanol–water partition coefficient (Wildman–Crippen LogP) is 3.72. The van der Waals surface area contributed by atoms with Crippen molar-refractivity contribution in [2.45, 2.75) is 13.8 Å². The summed E-state index contributed by atoms with van der Waals surface area (Å²) in [6, 6.07) is 11.2. The van der Waals surface area contributed by atoms with Gasteiger partial charge in [-0.2, -0.15) is 0 Å². The van der Waals surface area contributed by atoms with Crippen molar-refractivity contribution in [2.75, 3.05) is 5.73 Å². The number of nitrogen functional groups attached to an aromatic ring is 1. The molecule has 2 aromatic rings.